The summed E-state index contributed by atoms with van der Waals surface area (Å²) in [6, 6.07) is 1.09. The van der Waals surface area contributed by atoms with Gasteiger partial charge in [0.25, 0.3) is 0 Å². The van der Waals surface area contributed by atoms with Crippen molar-refractivity contribution in [1.29, 1.82) is 0 Å². The normalized spacial score (nSPS) is 41.4. The molecule has 2 aliphatic heterocycles. The number of rotatable bonds is 0. The molecule has 2 heterocycles. The van der Waals surface area contributed by atoms with Crippen molar-refractivity contribution in [1.82, 2.24) is 4.90 Å². The average molecular weight is 191 g/mol. The van der Waals surface area contributed by atoms with Gasteiger partial charge in [-0.3, -0.25) is 4.79 Å². The van der Waals surface area contributed by atoms with E-state index in [2.05, 4.69) is 11.5 Å². The van der Waals surface area contributed by atoms with Gasteiger partial charge in [0.05, 0.1) is 0 Å². The van der Waals surface area contributed by atoms with E-state index in [1.807, 2.05) is 0 Å². The smallest absolute Gasteiger partial charge is 0.249 e. The Morgan fingerprint density at radius 1 is 1.29 bits per heavy atom. The van der Waals surface area contributed by atoms with Gasteiger partial charge in [0.2, 0.25) is 5.91 Å². The van der Waals surface area contributed by atoms with Crippen molar-refractivity contribution in [3.05, 3.63) is 12.2 Å². The van der Waals surface area contributed by atoms with Gasteiger partial charge in [-0.1, -0.05) is 19.4 Å². The maximum atomic E-state index is 11.9. The minimum atomic E-state index is 0.254. The molecule has 0 radical (unpaired) electrons. The quantitative estimate of drug-likeness (QED) is 0.537. The van der Waals surface area contributed by atoms with E-state index in [-0.39, 0.29) is 5.91 Å². The van der Waals surface area contributed by atoms with Crippen LogP contribution in [0.15, 0.2) is 12.2 Å². The molecular weight excluding hydrogens is 174 g/mol. The molecule has 0 aromatic heterocycles. The molecule has 0 aromatic rings. The SMILES string of the molecule is C=C1CC2C[C@H]3CCCC[C@H]3N2C1=O. The van der Waals surface area contributed by atoms with Gasteiger partial charge in [-0.05, 0) is 31.6 Å². The molecule has 1 unspecified atom stereocenters. The molecule has 1 aliphatic carbocycles. The molecule has 3 rings (SSSR count). The summed E-state index contributed by atoms with van der Waals surface area (Å²) >= 11 is 0. The van der Waals surface area contributed by atoms with Crippen LogP contribution < -0.4 is 0 Å². The largest absolute Gasteiger partial charge is 0.332 e. The lowest BCUT2D eigenvalue weighted by atomic mass is 9.84. The van der Waals surface area contributed by atoms with Crippen LogP contribution in [0, 0.1) is 5.92 Å². The van der Waals surface area contributed by atoms with Crippen LogP contribution >= 0.6 is 0 Å². The van der Waals surface area contributed by atoms with Crippen molar-refractivity contribution in [2.24, 2.45) is 5.92 Å². The van der Waals surface area contributed by atoms with Crippen molar-refractivity contribution in [3.8, 4) is 0 Å². The highest BCUT2D eigenvalue weighted by atomic mass is 16.2. The van der Waals surface area contributed by atoms with Gasteiger partial charge in [0.1, 0.15) is 0 Å². The number of amides is 1. The van der Waals surface area contributed by atoms with Crippen LogP contribution in [-0.2, 0) is 4.79 Å². The summed E-state index contributed by atoms with van der Waals surface area (Å²) in [6.07, 6.45) is 7.44. The molecule has 3 fully saturated rings. The van der Waals surface area contributed by atoms with Crippen molar-refractivity contribution in [2.75, 3.05) is 0 Å². The third-order valence-electron chi connectivity index (χ3n) is 4.21. The van der Waals surface area contributed by atoms with Gasteiger partial charge in [-0.25, -0.2) is 0 Å². The van der Waals surface area contributed by atoms with Crippen molar-refractivity contribution in [2.45, 2.75) is 50.6 Å². The predicted molar refractivity (Wildman–Crippen MR) is 54.8 cm³/mol. The highest BCUT2D eigenvalue weighted by molar-refractivity contribution is 5.96. The van der Waals surface area contributed by atoms with Crippen LogP contribution in [0.1, 0.15) is 38.5 Å². The highest BCUT2D eigenvalue weighted by Gasteiger charge is 2.48. The molecule has 1 saturated carbocycles. The summed E-state index contributed by atoms with van der Waals surface area (Å²) in [5.41, 5.74) is 0.846. The lowest BCUT2D eigenvalue weighted by Crippen LogP contribution is -2.38. The van der Waals surface area contributed by atoms with E-state index in [0.29, 0.717) is 12.1 Å². The van der Waals surface area contributed by atoms with Crippen LogP contribution in [0.4, 0.5) is 0 Å². The summed E-state index contributed by atoms with van der Waals surface area (Å²) in [6.45, 7) is 3.86. The Labute approximate surface area is 85.0 Å². The highest BCUT2D eigenvalue weighted by Crippen LogP contribution is 2.44. The van der Waals surface area contributed by atoms with E-state index >= 15 is 0 Å². The first-order valence-electron chi connectivity index (χ1n) is 5.78. The third-order valence-corrected chi connectivity index (χ3v) is 4.21. The van der Waals surface area contributed by atoms with Crippen LogP contribution in [0.25, 0.3) is 0 Å². The first-order chi connectivity index (χ1) is 6.77. The number of hydrogen-bond donors (Lipinski definition) is 0. The van der Waals surface area contributed by atoms with Gasteiger partial charge >= 0.3 is 0 Å². The molecule has 2 nitrogen and oxygen atoms in total. The van der Waals surface area contributed by atoms with Gasteiger partial charge in [0.15, 0.2) is 0 Å². The van der Waals surface area contributed by atoms with E-state index in [1.165, 1.54) is 32.1 Å². The zero-order chi connectivity index (χ0) is 9.71. The monoisotopic (exact) mass is 191 g/mol. The van der Waals surface area contributed by atoms with Gasteiger partial charge in [-0.2, -0.15) is 0 Å². The molecule has 0 N–H and O–H groups in total. The molecule has 0 spiro atoms. The summed E-state index contributed by atoms with van der Waals surface area (Å²) in [7, 11) is 0. The summed E-state index contributed by atoms with van der Waals surface area (Å²) < 4.78 is 0. The van der Waals surface area contributed by atoms with Crippen molar-refractivity contribution >= 4 is 5.91 Å². The topological polar surface area (TPSA) is 20.3 Å². The summed E-state index contributed by atoms with van der Waals surface area (Å²) in [5, 5.41) is 0. The van der Waals surface area contributed by atoms with Crippen LogP contribution in [0.3, 0.4) is 0 Å². The molecular formula is C12H17NO. The molecule has 76 valence electrons. The number of nitrogens with zero attached hydrogens (tertiary/aromatic N) is 1. The molecule has 3 atom stereocenters. The van der Waals surface area contributed by atoms with E-state index < -0.39 is 0 Å². The maximum absolute atomic E-state index is 11.9. The number of hydrogen-bond acceptors (Lipinski definition) is 1. The fourth-order valence-corrected chi connectivity index (χ4v) is 3.62. The minimum Gasteiger partial charge on any atom is -0.332 e. The first kappa shape index (κ1) is 8.51. The summed E-state index contributed by atoms with van der Waals surface area (Å²) in [5.74, 6) is 1.06. The Hall–Kier alpha value is -0.790. The fraction of sp³-hybridized carbons (Fsp3) is 0.750. The van der Waals surface area contributed by atoms with Crippen molar-refractivity contribution in [3.63, 3.8) is 0 Å². The van der Waals surface area contributed by atoms with Gasteiger partial charge in [0, 0.05) is 17.7 Å². The predicted octanol–water partition coefficient (Wildman–Crippen LogP) is 2.11. The second-order valence-corrected chi connectivity index (χ2v) is 5.02. The Morgan fingerprint density at radius 3 is 2.93 bits per heavy atom. The van der Waals surface area contributed by atoms with Crippen LogP contribution in [-0.4, -0.2) is 22.9 Å². The molecule has 2 saturated heterocycles. The van der Waals surface area contributed by atoms with E-state index in [0.717, 1.165) is 17.9 Å². The lowest BCUT2D eigenvalue weighted by molar-refractivity contribution is -0.127. The Balaban J connectivity index is 1.88. The van der Waals surface area contributed by atoms with Gasteiger partial charge < -0.3 is 4.90 Å². The Morgan fingerprint density at radius 2 is 2.07 bits per heavy atom. The molecule has 0 bridgehead atoms. The van der Waals surface area contributed by atoms with Crippen LogP contribution in [0.2, 0.25) is 0 Å². The third kappa shape index (κ3) is 0.999. The first-order valence-corrected chi connectivity index (χ1v) is 5.78. The van der Waals surface area contributed by atoms with Gasteiger partial charge in [-0.15, -0.1) is 0 Å². The van der Waals surface area contributed by atoms with E-state index in [1.54, 1.807) is 0 Å². The second kappa shape index (κ2) is 2.85. The zero-order valence-electron chi connectivity index (χ0n) is 8.54. The molecule has 2 heteroatoms. The number of carbonyl (C=O) groups is 1. The summed E-state index contributed by atoms with van der Waals surface area (Å²) in [4.78, 5) is 14.0. The van der Waals surface area contributed by atoms with Crippen LogP contribution in [0.5, 0.6) is 0 Å². The van der Waals surface area contributed by atoms with Crippen molar-refractivity contribution < 1.29 is 4.79 Å². The molecule has 14 heavy (non-hydrogen) atoms. The zero-order valence-corrected chi connectivity index (χ0v) is 8.54. The Bertz CT molecular complexity index is 297. The van der Waals surface area contributed by atoms with E-state index in [4.69, 9.17) is 0 Å². The maximum Gasteiger partial charge on any atom is 0.249 e. The lowest BCUT2D eigenvalue weighted by Gasteiger charge is -2.30. The number of fused-ring (bicyclic) bond motifs is 3. The second-order valence-electron chi connectivity index (χ2n) is 5.02. The Kier molecular flexibility index (Phi) is 1.73. The molecule has 1 amide bonds. The standard InChI is InChI=1S/C12H17NO/c1-8-6-10-7-9-4-2-3-5-11(9)13(10)12(8)14/h9-11H,1-7H2/t9-,10?,11-/m1/s1. The average Bonchev–Trinajstić information content (AvgIpc) is 2.65. The fourth-order valence-electron chi connectivity index (χ4n) is 3.62. The number of carbonyl (C=O) groups excluding carboxylic acids is 1. The molecule has 3 aliphatic rings. The minimum absolute atomic E-state index is 0.254. The van der Waals surface area contributed by atoms with E-state index in [9.17, 15) is 4.79 Å². The molecule has 0 aromatic carbocycles.